The molecule has 0 aromatic heterocycles. The van der Waals surface area contributed by atoms with E-state index in [2.05, 4.69) is 24.3 Å². The molecule has 0 unspecified atom stereocenters. The van der Waals surface area contributed by atoms with Gasteiger partial charge in [0.05, 0.1) is 5.60 Å². The molecule has 2 saturated carbocycles. The van der Waals surface area contributed by atoms with Crippen molar-refractivity contribution in [3.8, 4) is 0 Å². The summed E-state index contributed by atoms with van der Waals surface area (Å²) in [7, 11) is 0. The van der Waals surface area contributed by atoms with Gasteiger partial charge < -0.3 is 5.11 Å². The summed E-state index contributed by atoms with van der Waals surface area (Å²) in [5.74, 6) is 0.794. The quantitative estimate of drug-likeness (QED) is 0.730. The van der Waals surface area contributed by atoms with Crippen LogP contribution in [0.1, 0.15) is 42.7 Å². The fraction of sp³-hybridized carbons (Fsp3) is 0.500. The van der Waals surface area contributed by atoms with Crippen LogP contribution in [0.3, 0.4) is 0 Å². The Hall–Kier alpha value is -0.820. The highest BCUT2D eigenvalue weighted by Crippen LogP contribution is 2.47. The Labute approximate surface area is 78.4 Å². The molecule has 0 bridgehead atoms. The van der Waals surface area contributed by atoms with Gasteiger partial charge in [0, 0.05) is 0 Å². The van der Waals surface area contributed by atoms with E-state index in [1.807, 2.05) is 0 Å². The number of hydrogen-bond acceptors (Lipinski definition) is 1. The van der Waals surface area contributed by atoms with Crippen molar-refractivity contribution in [1.82, 2.24) is 0 Å². The first-order valence-electron chi connectivity index (χ1n) is 5.11. The summed E-state index contributed by atoms with van der Waals surface area (Å²) in [4.78, 5) is 0. The number of aliphatic hydroxyl groups is 1. The molecule has 0 saturated heterocycles. The van der Waals surface area contributed by atoms with Crippen LogP contribution in [-0.4, -0.2) is 5.11 Å². The fourth-order valence-corrected chi connectivity index (χ4v) is 1.91. The molecule has 1 heteroatoms. The lowest BCUT2D eigenvalue weighted by molar-refractivity contribution is 0.151. The predicted octanol–water partition coefficient (Wildman–Crippen LogP) is 2.55. The van der Waals surface area contributed by atoms with E-state index >= 15 is 0 Å². The average Bonchev–Trinajstić information content (AvgIpc) is 2.99. The topological polar surface area (TPSA) is 20.2 Å². The predicted molar refractivity (Wildman–Crippen MR) is 51.5 cm³/mol. The summed E-state index contributed by atoms with van der Waals surface area (Å²) in [6, 6.07) is 8.52. The second-order valence-corrected chi connectivity index (χ2v) is 4.43. The van der Waals surface area contributed by atoms with Gasteiger partial charge in [-0.25, -0.2) is 0 Å². The van der Waals surface area contributed by atoms with Gasteiger partial charge in [0.25, 0.3) is 0 Å². The van der Waals surface area contributed by atoms with Gasteiger partial charge in [-0.1, -0.05) is 24.3 Å². The average molecular weight is 174 g/mol. The Morgan fingerprint density at radius 2 is 2.00 bits per heavy atom. The summed E-state index contributed by atoms with van der Waals surface area (Å²) >= 11 is 0. The number of hydrogen-bond donors (Lipinski definition) is 1. The molecule has 2 aliphatic rings. The first-order chi connectivity index (χ1) is 6.28. The molecule has 0 aliphatic heterocycles. The van der Waals surface area contributed by atoms with Gasteiger partial charge in [-0.3, -0.25) is 0 Å². The maximum atomic E-state index is 9.93. The van der Waals surface area contributed by atoms with Gasteiger partial charge >= 0.3 is 0 Å². The largest absolute Gasteiger partial charge is 0.385 e. The molecule has 0 spiro atoms. The van der Waals surface area contributed by atoms with Crippen molar-refractivity contribution in [3.05, 3.63) is 35.4 Å². The van der Waals surface area contributed by atoms with Crippen LogP contribution >= 0.6 is 0 Å². The van der Waals surface area contributed by atoms with Crippen molar-refractivity contribution >= 4 is 0 Å². The van der Waals surface area contributed by atoms with Crippen molar-refractivity contribution in [2.24, 2.45) is 0 Å². The number of rotatable bonds is 2. The summed E-state index contributed by atoms with van der Waals surface area (Å²) < 4.78 is 0. The summed E-state index contributed by atoms with van der Waals surface area (Å²) in [5, 5.41) is 9.93. The minimum atomic E-state index is -0.453. The Morgan fingerprint density at radius 3 is 2.62 bits per heavy atom. The Bertz CT molecular complexity index is 335. The van der Waals surface area contributed by atoms with Crippen LogP contribution in [0.5, 0.6) is 0 Å². The van der Waals surface area contributed by atoms with Crippen molar-refractivity contribution in [3.63, 3.8) is 0 Å². The molecular weight excluding hydrogens is 160 g/mol. The zero-order chi connectivity index (χ0) is 8.89. The third-order valence-electron chi connectivity index (χ3n) is 3.20. The molecule has 2 aliphatic carbocycles. The van der Waals surface area contributed by atoms with Crippen LogP contribution in [0.25, 0.3) is 0 Å². The van der Waals surface area contributed by atoms with E-state index in [1.54, 1.807) is 0 Å². The standard InChI is InChI=1S/C12H14O/c13-12(6-7-12)11-3-1-2-10(8-11)9-4-5-9/h1-3,8-9,13H,4-7H2. The van der Waals surface area contributed by atoms with Crippen molar-refractivity contribution in [1.29, 1.82) is 0 Å². The Balaban J connectivity index is 1.96. The van der Waals surface area contributed by atoms with E-state index < -0.39 is 5.60 Å². The third kappa shape index (κ3) is 1.28. The normalized spacial score (nSPS) is 24.4. The van der Waals surface area contributed by atoms with Crippen LogP contribution < -0.4 is 0 Å². The summed E-state index contributed by atoms with van der Waals surface area (Å²) in [6.07, 6.45) is 4.56. The van der Waals surface area contributed by atoms with E-state index in [1.165, 1.54) is 18.4 Å². The second kappa shape index (κ2) is 2.36. The van der Waals surface area contributed by atoms with Gasteiger partial charge in [0.2, 0.25) is 0 Å². The highest BCUT2D eigenvalue weighted by atomic mass is 16.3. The van der Waals surface area contributed by atoms with E-state index in [9.17, 15) is 5.11 Å². The van der Waals surface area contributed by atoms with Crippen LogP contribution in [0.15, 0.2) is 24.3 Å². The van der Waals surface area contributed by atoms with Crippen LogP contribution in [0.4, 0.5) is 0 Å². The molecule has 1 nitrogen and oxygen atoms in total. The minimum absolute atomic E-state index is 0.453. The molecule has 0 atom stereocenters. The van der Waals surface area contributed by atoms with Crippen LogP contribution in [0.2, 0.25) is 0 Å². The lowest BCUT2D eigenvalue weighted by Gasteiger charge is -2.09. The van der Waals surface area contributed by atoms with E-state index in [0.29, 0.717) is 0 Å². The maximum absolute atomic E-state index is 9.93. The molecule has 68 valence electrons. The van der Waals surface area contributed by atoms with E-state index in [0.717, 1.165) is 24.3 Å². The Morgan fingerprint density at radius 1 is 1.23 bits per heavy atom. The lowest BCUT2D eigenvalue weighted by Crippen LogP contribution is -2.04. The minimum Gasteiger partial charge on any atom is -0.385 e. The summed E-state index contributed by atoms with van der Waals surface area (Å²) in [6.45, 7) is 0. The zero-order valence-electron chi connectivity index (χ0n) is 7.66. The molecule has 2 fully saturated rings. The third-order valence-corrected chi connectivity index (χ3v) is 3.20. The molecule has 0 radical (unpaired) electrons. The van der Waals surface area contributed by atoms with Gasteiger partial charge in [-0.05, 0) is 42.7 Å². The zero-order valence-corrected chi connectivity index (χ0v) is 7.66. The second-order valence-electron chi connectivity index (χ2n) is 4.43. The van der Waals surface area contributed by atoms with E-state index in [4.69, 9.17) is 0 Å². The molecule has 1 aromatic carbocycles. The molecular formula is C12H14O. The number of benzene rings is 1. The van der Waals surface area contributed by atoms with Crippen molar-refractivity contribution < 1.29 is 5.11 Å². The lowest BCUT2D eigenvalue weighted by atomic mass is 10.0. The van der Waals surface area contributed by atoms with Crippen molar-refractivity contribution in [2.75, 3.05) is 0 Å². The highest BCUT2D eigenvalue weighted by Gasteiger charge is 2.42. The maximum Gasteiger partial charge on any atom is 0.0899 e. The SMILES string of the molecule is OC1(c2cccc(C3CC3)c2)CC1. The monoisotopic (exact) mass is 174 g/mol. The molecule has 0 amide bonds. The van der Waals surface area contributed by atoms with Gasteiger partial charge in [-0.15, -0.1) is 0 Å². The molecule has 13 heavy (non-hydrogen) atoms. The first kappa shape index (κ1) is 7.57. The molecule has 1 N–H and O–H groups in total. The van der Waals surface area contributed by atoms with Gasteiger partial charge in [-0.2, -0.15) is 0 Å². The van der Waals surface area contributed by atoms with Gasteiger partial charge in [0.1, 0.15) is 0 Å². The molecule has 0 heterocycles. The fourth-order valence-electron chi connectivity index (χ4n) is 1.91. The van der Waals surface area contributed by atoms with Crippen LogP contribution in [-0.2, 0) is 5.60 Å². The first-order valence-corrected chi connectivity index (χ1v) is 5.11. The smallest absolute Gasteiger partial charge is 0.0899 e. The van der Waals surface area contributed by atoms with E-state index in [-0.39, 0.29) is 0 Å². The molecule has 1 aromatic rings. The summed E-state index contributed by atoms with van der Waals surface area (Å²) in [5.41, 5.74) is 2.11. The van der Waals surface area contributed by atoms with Gasteiger partial charge in [0.15, 0.2) is 0 Å². The molecule has 3 rings (SSSR count). The Kier molecular flexibility index (Phi) is 1.37. The highest BCUT2D eigenvalue weighted by molar-refractivity contribution is 5.34. The van der Waals surface area contributed by atoms with Crippen LogP contribution in [0, 0.1) is 0 Å². The van der Waals surface area contributed by atoms with Crippen molar-refractivity contribution in [2.45, 2.75) is 37.2 Å².